The number of nitrogens with zero attached hydrogens (tertiary/aromatic N) is 1. The fourth-order valence-corrected chi connectivity index (χ4v) is 7.82. The van der Waals surface area contributed by atoms with Crippen molar-refractivity contribution in [2.75, 3.05) is 47.5 Å². The topological polar surface area (TPSA) is 137 Å². The van der Waals surface area contributed by atoms with E-state index in [1.807, 2.05) is 21.1 Å². The van der Waals surface area contributed by atoms with E-state index in [-0.39, 0.29) is 38.3 Å². The molecule has 12 heteroatoms. The van der Waals surface area contributed by atoms with Gasteiger partial charge >= 0.3 is 11.9 Å². The standard InChI is InChI=1S/C50H86NO10P/c1-8-10-12-13-14-15-16-17-18-22-25-29-34-47-48(61-47)35-31-37-49(52)56-40-44(41-58-62(54,55)57-39-38-51(5,6)7)59-50(53)36-30-26-23-20-19-21-24-28-33-46-43(4)42(3)45(60-46)32-27-11-9-2/h14-15,17-18,25,29,44,47-48H,8-13,16,19-24,26-28,30-41H2,1-7H3/b15-14-,18-17-,29-25-/t44-,47?,48?/m1/s1. The van der Waals surface area contributed by atoms with Crippen molar-refractivity contribution in [2.45, 2.75) is 200 Å². The maximum Gasteiger partial charge on any atom is 0.306 e. The SMILES string of the molecule is CCCCC/C=C\C/C=C\C/C=C\CC1OC1CCCC(=O)OC[C@H](COP(=O)([O-])OCC[N+](C)(C)C)OC(=O)CCCCCCCCCCc1oc(CCCCC)c(C)c1C. The molecular weight excluding hydrogens is 806 g/mol. The summed E-state index contributed by atoms with van der Waals surface area (Å²) >= 11 is 0. The molecule has 0 radical (unpaired) electrons. The molecular formula is C50H86NO10P. The summed E-state index contributed by atoms with van der Waals surface area (Å²) in [5, 5.41) is 0. The van der Waals surface area contributed by atoms with Gasteiger partial charge in [0.15, 0.2) is 6.10 Å². The lowest BCUT2D eigenvalue weighted by molar-refractivity contribution is -0.870. The quantitative estimate of drug-likeness (QED) is 0.0157. The number of quaternary nitrogens is 1. The van der Waals surface area contributed by atoms with E-state index in [1.54, 1.807) is 0 Å². The zero-order valence-electron chi connectivity index (χ0n) is 40.0. The number of rotatable bonds is 39. The Kier molecular flexibility index (Phi) is 29.6. The molecule has 1 aromatic rings. The summed E-state index contributed by atoms with van der Waals surface area (Å²) in [6, 6.07) is 0. The molecule has 356 valence electrons. The van der Waals surface area contributed by atoms with Gasteiger partial charge in [-0.2, -0.15) is 0 Å². The summed E-state index contributed by atoms with van der Waals surface area (Å²) in [7, 11) is 1.10. The number of allylic oxidation sites excluding steroid dienone is 5. The molecule has 1 saturated heterocycles. The van der Waals surface area contributed by atoms with E-state index in [9.17, 15) is 19.0 Å². The number of esters is 2. The van der Waals surface area contributed by atoms with Crippen molar-refractivity contribution in [2.24, 2.45) is 0 Å². The highest BCUT2D eigenvalue weighted by atomic mass is 31.2. The summed E-state index contributed by atoms with van der Waals surface area (Å²) < 4.78 is 46.1. The van der Waals surface area contributed by atoms with Crippen LogP contribution in [0.1, 0.15) is 178 Å². The Hall–Kier alpha value is -2.53. The van der Waals surface area contributed by atoms with Crippen LogP contribution in [0.4, 0.5) is 0 Å². The van der Waals surface area contributed by atoms with Gasteiger partial charge < -0.3 is 37.1 Å². The maximum atomic E-state index is 12.8. The highest BCUT2D eigenvalue weighted by Gasteiger charge is 2.36. The number of hydrogen-bond donors (Lipinski definition) is 0. The number of aryl methyl sites for hydroxylation is 2. The predicted octanol–water partition coefficient (Wildman–Crippen LogP) is 11.7. The molecule has 0 N–H and O–H groups in total. The highest BCUT2D eigenvalue weighted by molar-refractivity contribution is 7.45. The number of unbranched alkanes of at least 4 members (excludes halogenated alkanes) is 12. The molecule has 0 bridgehead atoms. The highest BCUT2D eigenvalue weighted by Crippen LogP contribution is 2.38. The van der Waals surface area contributed by atoms with E-state index >= 15 is 0 Å². The van der Waals surface area contributed by atoms with E-state index < -0.39 is 32.5 Å². The van der Waals surface area contributed by atoms with Crippen LogP contribution in [0.5, 0.6) is 0 Å². The van der Waals surface area contributed by atoms with Gasteiger partial charge in [-0.15, -0.1) is 0 Å². The minimum Gasteiger partial charge on any atom is -0.756 e. The molecule has 1 aliphatic heterocycles. The lowest BCUT2D eigenvalue weighted by Crippen LogP contribution is -2.37. The normalized spacial score (nSPS) is 17.0. The molecule has 0 saturated carbocycles. The summed E-state index contributed by atoms with van der Waals surface area (Å²) in [4.78, 5) is 37.9. The second kappa shape index (κ2) is 33.0. The first-order valence-corrected chi connectivity index (χ1v) is 25.6. The maximum absolute atomic E-state index is 12.8. The summed E-state index contributed by atoms with van der Waals surface area (Å²) in [5.74, 6) is 1.39. The average molecular weight is 892 g/mol. The molecule has 3 unspecified atom stereocenters. The second-order valence-corrected chi connectivity index (χ2v) is 19.5. The lowest BCUT2D eigenvalue weighted by Gasteiger charge is -2.28. The molecule has 0 spiro atoms. The number of ether oxygens (including phenoxy) is 3. The van der Waals surface area contributed by atoms with E-state index in [0.717, 1.165) is 82.8 Å². The molecule has 2 heterocycles. The number of hydrogen-bond acceptors (Lipinski definition) is 10. The Morgan fingerprint density at radius 3 is 1.90 bits per heavy atom. The van der Waals surface area contributed by atoms with Gasteiger partial charge in [-0.1, -0.05) is 115 Å². The molecule has 0 aromatic carbocycles. The van der Waals surface area contributed by atoms with Gasteiger partial charge in [0, 0.05) is 25.7 Å². The Labute approximate surface area is 376 Å². The van der Waals surface area contributed by atoms with Crippen molar-refractivity contribution in [1.29, 1.82) is 0 Å². The molecule has 11 nitrogen and oxygen atoms in total. The van der Waals surface area contributed by atoms with Crippen LogP contribution in [0.25, 0.3) is 0 Å². The molecule has 1 fully saturated rings. The van der Waals surface area contributed by atoms with Gasteiger partial charge in [0.05, 0.1) is 40.0 Å². The Balaban J connectivity index is 1.65. The Bertz CT molecular complexity index is 1490. The van der Waals surface area contributed by atoms with Crippen LogP contribution in [0.2, 0.25) is 0 Å². The third-order valence-electron chi connectivity index (χ3n) is 11.3. The van der Waals surface area contributed by atoms with Crippen LogP contribution in [-0.4, -0.2) is 82.2 Å². The van der Waals surface area contributed by atoms with Crippen molar-refractivity contribution in [3.8, 4) is 0 Å². The van der Waals surface area contributed by atoms with Crippen LogP contribution in [0.15, 0.2) is 40.9 Å². The van der Waals surface area contributed by atoms with Crippen molar-refractivity contribution >= 4 is 19.8 Å². The number of phosphoric ester groups is 1. The van der Waals surface area contributed by atoms with Gasteiger partial charge in [-0.25, -0.2) is 0 Å². The van der Waals surface area contributed by atoms with Crippen molar-refractivity contribution < 1.29 is 51.2 Å². The molecule has 1 aromatic heterocycles. The number of epoxide rings is 1. The first kappa shape index (κ1) is 55.6. The van der Waals surface area contributed by atoms with Crippen molar-refractivity contribution in [3.05, 3.63) is 59.1 Å². The summed E-state index contributed by atoms with van der Waals surface area (Å²) in [6.07, 6.45) is 35.8. The Morgan fingerprint density at radius 2 is 1.26 bits per heavy atom. The van der Waals surface area contributed by atoms with E-state index in [2.05, 4.69) is 64.2 Å². The minimum absolute atomic E-state index is 0.0509. The van der Waals surface area contributed by atoms with E-state index in [0.29, 0.717) is 23.9 Å². The predicted molar refractivity (Wildman–Crippen MR) is 248 cm³/mol. The molecule has 62 heavy (non-hydrogen) atoms. The number of phosphoric acid groups is 1. The smallest absolute Gasteiger partial charge is 0.306 e. The largest absolute Gasteiger partial charge is 0.756 e. The first-order valence-electron chi connectivity index (χ1n) is 24.2. The number of carbonyl (C=O) groups is 2. The fraction of sp³-hybridized carbons (Fsp3) is 0.760. The van der Waals surface area contributed by atoms with Crippen molar-refractivity contribution in [3.63, 3.8) is 0 Å². The number of furan rings is 1. The van der Waals surface area contributed by atoms with Gasteiger partial charge in [0.25, 0.3) is 7.82 Å². The van der Waals surface area contributed by atoms with Gasteiger partial charge in [0.2, 0.25) is 0 Å². The minimum atomic E-state index is -4.66. The van der Waals surface area contributed by atoms with Crippen LogP contribution in [-0.2, 0) is 50.3 Å². The molecule has 1 aliphatic rings. The third-order valence-corrected chi connectivity index (χ3v) is 12.3. The van der Waals surface area contributed by atoms with E-state index in [1.165, 1.54) is 68.3 Å². The lowest BCUT2D eigenvalue weighted by atomic mass is 10.0. The summed E-state index contributed by atoms with van der Waals surface area (Å²) in [5.41, 5.74) is 2.64. The zero-order chi connectivity index (χ0) is 45.5. The zero-order valence-corrected chi connectivity index (χ0v) is 40.9. The van der Waals surface area contributed by atoms with Crippen LogP contribution < -0.4 is 4.89 Å². The van der Waals surface area contributed by atoms with Crippen LogP contribution in [0.3, 0.4) is 0 Å². The molecule has 4 atom stereocenters. The molecule has 0 aliphatic carbocycles. The first-order chi connectivity index (χ1) is 29.7. The second-order valence-electron chi connectivity index (χ2n) is 18.1. The monoisotopic (exact) mass is 892 g/mol. The van der Waals surface area contributed by atoms with Gasteiger partial charge in [-0.05, 0) is 89.2 Å². The number of likely N-dealkylation sites (N-methyl/N-ethyl adjacent to an activating group) is 1. The van der Waals surface area contributed by atoms with Crippen LogP contribution in [0, 0.1) is 13.8 Å². The van der Waals surface area contributed by atoms with E-state index in [4.69, 9.17) is 27.7 Å². The number of carbonyl (C=O) groups excluding carboxylic acids is 2. The van der Waals surface area contributed by atoms with Gasteiger partial charge in [0.1, 0.15) is 31.3 Å². The average Bonchev–Trinajstić information content (AvgIpc) is 3.92. The molecule has 2 rings (SSSR count). The van der Waals surface area contributed by atoms with Crippen LogP contribution >= 0.6 is 7.82 Å². The fourth-order valence-electron chi connectivity index (χ4n) is 7.10. The molecule has 0 amide bonds. The van der Waals surface area contributed by atoms with Gasteiger partial charge in [-0.3, -0.25) is 14.2 Å². The van der Waals surface area contributed by atoms with Crippen molar-refractivity contribution in [1.82, 2.24) is 0 Å². The summed E-state index contributed by atoms with van der Waals surface area (Å²) in [6.45, 7) is 8.41. The third kappa shape index (κ3) is 28.3. The Morgan fingerprint density at radius 1 is 0.694 bits per heavy atom.